The molecular weight excluding hydrogens is 246 g/mol. The average molecular weight is 263 g/mol. The highest BCUT2D eigenvalue weighted by Crippen LogP contribution is 2.17. The van der Waals surface area contributed by atoms with Gasteiger partial charge in [-0.1, -0.05) is 18.2 Å². The largest absolute Gasteiger partial charge is 0.508 e. The minimum Gasteiger partial charge on any atom is -0.508 e. The number of thiophene rings is 1. The third-order valence-electron chi connectivity index (χ3n) is 2.74. The Bertz CT molecular complexity index is 453. The molecule has 3 N–H and O–H groups in total. The number of benzene rings is 1. The Morgan fingerprint density at radius 2 is 1.94 bits per heavy atom. The van der Waals surface area contributed by atoms with E-state index in [2.05, 4.69) is 5.32 Å². The van der Waals surface area contributed by atoms with Gasteiger partial charge in [-0.05, 0) is 42.1 Å². The molecule has 1 heterocycles. The highest BCUT2D eigenvalue weighted by atomic mass is 32.1. The Balaban J connectivity index is 1.68. The second-order valence-electron chi connectivity index (χ2n) is 4.15. The molecule has 0 aliphatic rings. The Kier molecular flexibility index (Phi) is 4.75. The van der Waals surface area contributed by atoms with E-state index < -0.39 is 6.10 Å². The third kappa shape index (κ3) is 3.84. The lowest BCUT2D eigenvalue weighted by Crippen LogP contribution is -2.23. The molecular formula is C14H17NO2S. The topological polar surface area (TPSA) is 52.5 Å². The smallest absolute Gasteiger partial charge is 0.115 e. The van der Waals surface area contributed by atoms with Crippen LogP contribution in [0, 0.1) is 0 Å². The lowest BCUT2D eigenvalue weighted by Gasteiger charge is -2.10. The molecule has 1 atom stereocenters. The van der Waals surface area contributed by atoms with Crippen molar-refractivity contribution in [3.8, 4) is 5.75 Å². The molecule has 0 bridgehead atoms. The minimum absolute atomic E-state index is 0.292. The van der Waals surface area contributed by atoms with Gasteiger partial charge in [0.1, 0.15) is 11.9 Å². The fourth-order valence-corrected chi connectivity index (χ4v) is 2.43. The summed E-state index contributed by atoms with van der Waals surface area (Å²) in [5, 5.41) is 24.2. The first kappa shape index (κ1) is 13.1. The van der Waals surface area contributed by atoms with Gasteiger partial charge in [-0.3, -0.25) is 0 Å². The Labute approximate surface area is 111 Å². The van der Waals surface area contributed by atoms with Crippen molar-refractivity contribution in [3.05, 3.63) is 52.2 Å². The number of aliphatic hydroxyl groups excluding tert-OH is 1. The zero-order chi connectivity index (χ0) is 12.8. The van der Waals surface area contributed by atoms with Gasteiger partial charge in [-0.25, -0.2) is 0 Å². The number of rotatable bonds is 6. The van der Waals surface area contributed by atoms with Crippen molar-refractivity contribution in [2.45, 2.75) is 12.5 Å². The van der Waals surface area contributed by atoms with Crippen LogP contribution in [0.1, 0.15) is 16.5 Å². The van der Waals surface area contributed by atoms with E-state index in [0.29, 0.717) is 12.3 Å². The first-order chi connectivity index (χ1) is 8.75. The van der Waals surface area contributed by atoms with E-state index in [0.717, 1.165) is 17.8 Å². The van der Waals surface area contributed by atoms with Gasteiger partial charge in [0.15, 0.2) is 0 Å². The SMILES string of the molecule is Oc1ccc(CCNCC(O)c2cccs2)cc1. The van der Waals surface area contributed by atoms with Crippen molar-refractivity contribution >= 4 is 11.3 Å². The van der Waals surface area contributed by atoms with Crippen LogP contribution in [0.5, 0.6) is 5.75 Å². The van der Waals surface area contributed by atoms with E-state index in [1.807, 2.05) is 29.6 Å². The van der Waals surface area contributed by atoms with Crippen LogP contribution >= 0.6 is 11.3 Å². The quantitative estimate of drug-likeness (QED) is 0.701. The number of aromatic hydroxyl groups is 1. The summed E-state index contributed by atoms with van der Waals surface area (Å²) < 4.78 is 0. The predicted molar refractivity (Wildman–Crippen MR) is 74.0 cm³/mol. The molecule has 0 radical (unpaired) electrons. The molecule has 2 rings (SSSR count). The molecule has 96 valence electrons. The normalized spacial score (nSPS) is 12.5. The summed E-state index contributed by atoms with van der Waals surface area (Å²) in [6.07, 6.45) is 0.460. The van der Waals surface area contributed by atoms with Gasteiger partial charge < -0.3 is 15.5 Å². The van der Waals surface area contributed by atoms with E-state index in [-0.39, 0.29) is 0 Å². The first-order valence-electron chi connectivity index (χ1n) is 5.96. The molecule has 0 spiro atoms. The molecule has 3 nitrogen and oxygen atoms in total. The van der Waals surface area contributed by atoms with Crippen molar-refractivity contribution in [1.29, 1.82) is 0 Å². The van der Waals surface area contributed by atoms with E-state index in [9.17, 15) is 5.11 Å². The molecule has 0 amide bonds. The summed E-state index contributed by atoms with van der Waals surface area (Å²) in [7, 11) is 0. The zero-order valence-electron chi connectivity index (χ0n) is 10.0. The van der Waals surface area contributed by atoms with Crippen molar-refractivity contribution in [2.24, 2.45) is 0 Å². The fourth-order valence-electron chi connectivity index (χ4n) is 1.72. The van der Waals surface area contributed by atoms with Crippen molar-refractivity contribution in [2.75, 3.05) is 13.1 Å². The highest BCUT2D eigenvalue weighted by molar-refractivity contribution is 7.10. The number of hydrogen-bond donors (Lipinski definition) is 3. The number of nitrogens with one attached hydrogen (secondary N) is 1. The summed E-state index contributed by atoms with van der Waals surface area (Å²) in [4.78, 5) is 0.993. The van der Waals surface area contributed by atoms with Crippen LogP contribution < -0.4 is 5.32 Å². The maximum absolute atomic E-state index is 9.86. The lowest BCUT2D eigenvalue weighted by atomic mass is 10.1. The maximum Gasteiger partial charge on any atom is 0.115 e. The molecule has 1 aromatic carbocycles. The molecule has 0 saturated heterocycles. The number of hydrogen-bond acceptors (Lipinski definition) is 4. The van der Waals surface area contributed by atoms with Crippen LogP contribution in [-0.2, 0) is 6.42 Å². The van der Waals surface area contributed by atoms with Gasteiger partial charge in [-0.15, -0.1) is 11.3 Å². The minimum atomic E-state index is -0.426. The lowest BCUT2D eigenvalue weighted by molar-refractivity contribution is 0.179. The average Bonchev–Trinajstić information content (AvgIpc) is 2.90. The van der Waals surface area contributed by atoms with E-state index in [4.69, 9.17) is 5.11 Å². The van der Waals surface area contributed by atoms with E-state index in [1.54, 1.807) is 23.5 Å². The van der Waals surface area contributed by atoms with Gasteiger partial charge in [0, 0.05) is 11.4 Å². The van der Waals surface area contributed by atoms with Gasteiger partial charge in [0.2, 0.25) is 0 Å². The van der Waals surface area contributed by atoms with Crippen LogP contribution in [0.2, 0.25) is 0 Å². The predicted octanol–water partition coefficient (Wildman–Crippen LogP) is 2.32. The maximum atomic E-state index is 9.86. The number of phenols is 1. The zero-order valence-corrected chi connectivity index (χ0v) is 10.9. The Hall–Kier alpha value is -1.36. The summed E-state index contributed by atoms with van der Waals surface area (Å²) in [5.74, 6) is 0.292. The summed E-state index contributed by atoms with van der Waals surface area (Å²) >= 11 is 1.57. The van der Waals surface area contributed by atoms with Gasteiger partial charge in [-0.2, -0.15) is 0 Å². The standard InChI is InChI=1S/C14H17NO2S/c16-12-5-3-11(4-6-12)7-8-15-10-13(17)14-2-1-9-18-14/h1-6,9,13,15-17H,7-8,10H2. The molecule has 18 heavy (non-hydrogen) atoms. The summed E-state index contributed by atoms with van der Waals surface area (Å²) in [5.41, 5.74) is 1.17. The third-order valence-corrected chi connectivity index (χ3v) is 3.71. The number of phenolic OH excluding ortho intramolecular Hbond substituents is 1. The Morgan fingerprint density at radius 1 is 1.17 bits per heavy atom. The van der Waals surface area contributed by atoms with Crippen LogP contribution in [0.4, 0.5) is 0 Å². The molecule has 1 unspecified atom stereocenters. The fraction of sp³-hybridized carbons (Fsp3) is 0.286. The molecule has 2 aromatic rings. The van der Waals surface area contributed by atoms with Crippen molar-refractivity contribution < 1.29 is 10.2 Å². The Morgan fingerprint density at radius 3 is 2.61 bits per heavy atom. The number of aliphatic hydroxyl groups is 1. The molecule has 1 aromatic heterocycles. The first-order valence-corrected chi connectivity index (χ1v) is 6.84. The van der Waals surface area contributed by atoms with Gasteiger partial charge >= 0.3 is 0 Å². The highest BCUT2D eigenvalue weighted by Gasteiger charge is 2.06. The second kappa shape index (κ2) is 6.54. The molecule has 0 aliphatic carbocycles. The van der Waals surface area contributed by atoms with Crippen LogP contribution in [0.3, 0.4) is 0 Å². The second-order valence-corrected chi connectivity index (χ2v) is 5.13. The summed E-state index contributed by atoms with van der Waals surface area (Å²) in [6, 6.07) is 11.1. The van der Waals surface area contributed by atoms with E-state index >= 15 is 0 Å². The summed E-state index contributed by atoms with van der Waals surface area (Å²) in [6.45, 7) is 1.38. The van der Waals surface area contributed by atoms with Crippen molar-refractivity contribution in [1.82, 2.24) is 5.32 Å². The van der Waals surface area contributed by atoms with Crippen LogP contribution in [-0.4, -0.2) is 23.3 Å². The molecule has 4 heteroatoms. The molecule has 0 aliphatic heterocycles. The van der Waals surface area contributed by atoms with Crippen LogP contribution in [0.25, 0.3) is 0 Å². The van der Waals surface area contributed by atoms with E-state index in [1.165, 1.54) is 5.56 Å². The monoisotopic (exact) mass is 263 g/mol. The molecule has 0 saturated carbocycles. The van der Waals surface area contributed by atoms with Crippen LogP contribution in [0.15, 0.2) is 41.8 Å². The van der Waals surface area contributed by atoms with Gasteiger partial charge in [0.25, 0.3) is 0 Å². The van der Waals surface area contributed by atoms with Gasteiger partial charge in [0.05, 0.1) is 0 Å². The van der Waals surface area contributed by atoms with Crippen molar-refractivity contribution in [3.63, 3.8) is 0 Å². The molecule has 0 fully saturated rings.